The minimum absolute atomic E-state index is 0.0907. The van der Waals surface area contributed by atoms with E-state index in [4.69, 9.17) is 4.74 Å². The van der Waals surface area contributed by atoms with Gasteiger partial charge >= 0.3 is 0 Å². The lowest BCUT2D eigenvalue weighted by Crippen LogP contribution is -2.35. The van der Waals surface area contributed by atoms with Gasteiger partial charge in [-0.15, -0.1) is 0 Å². The lowest BCUT2D eigenvalue weighted by atomic mass is 9.88. The van der Waals surface area contributed by atoms with Gasteiger partial charge in [-0.25, -0.2) is 0 Å². The Balaban J connectivity index is 1.31. The number of pyridine rings is 1. The summed E-state index contributed by atoms with van der Waals surface area (Å²) in [4.78, 5) is 31.5. The Morgan fingerprint density at radius 2 is 1.74 bits per heavy atom. The monoisotopic (exact) mass is 472 g/mol. The van der Waals surface area contributed by atoms with E-state index in [1.54, 1.807) is 31.6 Å². The molecule has 1 aliphatic heterocycles. The highest BCUT2D eigenvalue weighted by Gasteiger charge is 2.36. The molecule has 4 rings (SSSR count). The summed E-state index contributed by atoms with van der Waals surface area (Å²) >= 11 is 0. The number of amides is 2. The maximum Gasteiger partial charge on any atom is 0.253 e. The quantitative estimate of drug-likeness (QED) is 0.500. The summed E-state index contributed by atoms with van der Waals surface area (Å²) in [5.41, 5.74) is 3.86. The van der Waals surface area contributed by atoms with Gasteiger partial charge in [-0.1, -0.05) is 36.4 Å². The second-order valence-electron chi connectivity index (χ2n) is 8.99. The van der Waals surface area contributed by atoms with Crippen LogP contribution in [0, 0.1) is 5.92 Å². The first-order chi connectivity index (χ1) is 17.0. The van der Waals surface area contributed by atoms with Gasteiger partial charge in [0.15, 0.2) is 0 Å². The van der Waals surface area contributed by atoms with E-state index in [1.165, 1.54) is 0 Å². The van der Waals surface area contributed by atoms with Crippen molar-refractivity contribution in [1.82, 2.24) is 20.5 Å². The number of likely N-dealkylation sites (tertiary alicyclic amines) is 1. The van der Waals surface area contributed by atoms with Crippen LogP contribution in [-0.4, -0.2) is 55.5 Å². The minimum atomic E-state index is -0.147. The summed E-state index contributed by atoms with van der Waals surface area (Å²) in [5, 5.41) is 6.06. The zero-order valence-electron chi connectivity index (χ0n) is 20.2. The molecule has 182 valence electrons. The smallest absolute Gasteiger partial charge is 0.253 e. The molecule has 0 aliphatic carbocycles. The number of likely N-dealkylation sites (N-methyl/N-ethyl adjacent to an activating group) is 1. The average Bonchev–Trinajstić information content (AvgIpc) is 3.30. The van der Waals surface area contributed by atoms with Gasteiger partial charge < -0.3 is 20.3 Å². The molecule has 1 aliphatic rings. The largest absolute Gasteiger partial charge is 0.497 e. The van der Waals surface area contributed by atoms with Crippen molar-refractivity contribution in [1.29, 1.82) is 0 Å². The van der Waals surface area contributed by atoms with Gasteiger partial charge in [0.1, 0.15) is 5.75 Å². The van der Waals surface area contributed by atoms with Crippen molar-refractivity contribution in [3.8, 4) is 5.75 Å². The normalized spacial score (nSPS) is 17.7. The van der Waals surface area contributed by atoms with Crippen LogP contribution < -0.4 is 15.4 Å². The number of benzene rings is 2. The first-order valence-corrected chi connectivity index (χ1v) is 11.9. The minimum Gasteiger partial charge on any atom is -0.497 e. The van der Waals surface area contributed by atoms with Gasteiger partial charge in [-0.2, -0.15) is 0 Å². The van der Waals surface area contributed by atoms with E-state index in [2.05, 4.69) is 39.7 Å². The third-order valence-corrected chi connectivity index (χ3v) is 6.50. The van der Waals surface area contributed by atoms with Crippen molar-refractivity contribution in [2.45, 2.75) is 18.9 Å². The Morgan fingerprint density at radius 3 is 2.43 bits per heavy atom. The SMILES string of the molecule is COc1ccc(CCNC(=O)[C@H]2CN(C)C[C@H]2c2ccc(CNC(=O)c3cccnc3)cc2)cc1. The van der Waals surface area contributed by atoms with Crippen molar-refractivity contribution < 1.29 is 14.3 Å². The molecule has 35 heavy (non-hydrogen) atoms. The van der Waals surface area contributed by atoms with E-state index in [0.717, 1.165) is 42.0 Å². The third kappa shape index (κ3) is 6.45. The molecular weight excluding hydrogens is 440 g/mol. The van der Waals surface area contributed by atoms with Crippen molar-refractivity contribution in [2.24, 2.45) is 5.92 Å². The van der Waals surface area contributed by atoms with Crippen LogP contribution in [-0.2, 0) is 17.8 Å². The number of carbonyl (C=O) groups is 2. The van der Waals surface area contributed by atoms with E-state index in [9.17, 15) is 9.59 Å². The van der Waals surface area contributed by atoms with Crippen LogP contribution in [0.5, 0.6) is 5.75 Å². The molecule has 1 aromatic heterocycles. The molecule has 2 amide bonds. The third-order valence-electron chi connectivity index (χ3n) is 6.50. The Labute approximate surface area is 206 Å². The summed E-state index contributed by atoms with van der Waals surface area (Å²) < 4.78 is 5.20. The molecule has 0 radical (unpaired) electrons. The second kappa shape index (κ2) is 11.6. The molecular formula is C28H32N4O3. The van der Waals surface area contributed by atoms with Gasteiger partial charge in [0.2, 0.25) is 5.91 Å². The number of methoxy groups -OCH3 is 1. The molecule has 2 aromatic carbocycles. The van der Waals surface area contributed by atoms with E-state index in [0.29, 0.717) is 18.7 Å². The zero-order valence-corrected chi connectivity index (χ0v) is 20.2. The highest BCUT2D eigenvalue weighted by molar-refractivity contribution is 5.93. The Bertz CT molecular complexity index is 1120. The molecule has 1 saturated heterocycles. The number of aromatic nitrogens is 1. The molecule has 7 heteroatoms. The lowest BCUT2D eigenvalue weighted by molar-refractivity contribution is -0.124. The van der Waals surface area contributed by atoms with Crippen LogP contribution in [0.3, 0.4) is 0 Å². The first-order valence-electron chi connectivity index (χ1n) is 11.9. The van der Waals surface area contributed by atoms with E-state index < -0.39 is 0 Å². The van der Waals surface area contributed by atoms with Gasteiger partial charge in [0.05, 0.1) is 18.6 Å². The molecule has 0 spiro atoms. The maximum atomic E-state index is 13.0. The van der Waals surface area contributed by atoms with Gasteiger partial charge in [0.25, 0.3) is 5.91 Å². The van der Waals surface area contributed by atoms with Gasteiger partial charge in [-0.05, 0) is 54.4 Å². The van der Waals surface area contributed by atoms with Crippen LogP contribution in [0.25, 0.3) is 0 Å². The topological polar surface area (TPSA) is 83.6 Å². The molecule has 0 unspecified atom stereocenters. The van der Waals surface area contributed by atoms with Crippen LogP contribution in [0.2, 0.25) is 0 Å². The van der Waals surface area contributed by atoms with Gasteiger partial charge in [0, 0.05) is 44.5 Å². The van der Waals surface area contributed by atoms with E-state index in [-0.39, 0.29) is 23.7 Å². The molecule has 7 nitrogen and oxygen atoms in total. The van der Waals surface area contributed by atoms with E-state index >= 15 is 0 Å². The Kier molecular flexibility index (Phi) is 8.11. The van der Waals surface area contributed by atoms with Crippen LogP contribution in [0.1, 0.15) is 33.0 Å². The summed E-state index contributed by atoms with van der Waals surface area (Å²) in [6.45, 7) is 2.62. The number of nitrogens with one attached hydrogen (secondary N) is 2. The first kappa shape index (κ1) is 24.4. The van der Waals surface area contributed by atoms with Crippen LogP contribution >= 0.6 is 0 Å². The van der Waals surface area contributed by atoms with Crippen molar-refractivity contribution in [3.63, 3.8) is 0 Å². The number of ether oxygens (including phenoxy) is 1. The molecule has 2 N–H and O–H groups in total. The fourth-order valence-electron chi connectivity index (χ4n) is 4.52. The van der Waals surface area contributed by atoms with E-state index in [1.807, 2.05) is 36.4 Å². The summed E-state index contributed by atoms with van der Waals surface area (Å²) in [7, 11) is 3.71. The fraction of sp³-hybridized carbons (Fsp3) is 0.321. The number of carbonyl (C=O) groups excluding carboxylic acids is 2. The molecule has 1 fully saturated rings. The standard InChI is InChI=1S/C28H32N4O3/c1-32-18-25(26(19-32)28(34)30-15-13-20-7-11-24(35-2)12-8-20)22-9-5-21(6-10-22)16-31-27(33)23-4-3-14-29-17-23/h3-12,14,17,25-26H,13,15-16,18-19H2,1-2H3,(H,30,34)(H,31,33)/t25-,26-/m0/s1. The lowest BCUT2D eigenvalue weighted by Gasteiger charge is -2.19. The predicted molar refractivity (Wildman–Crippen MR) is 135 cm³/mol. The highest BCUT2D eigenvalue weighted by Crippen LogP contribution is 2.32. The Morgan fingerprint density at radius 1 is 1.00 bits per heavy atom. The molecule has 2 heterocycles. The second-order valence-corrected chi connectivity index (χ2v) is 8.99. The molecule has 0 bridgehead atoms. The number of hydrogen-bond acceptors (Lipinski definition) is 5. The molecule has 0 saturated carbocycles. The fourth-order valence-corrected chi connectivity index (χ4v) is 4.52. The zero-order chi connectivity index (χ0) is 24.6. The maximum absolute atomic E-state index is 13.0. The van der Waals surface area contributed by atoms with Crippen molar-refractivity contribution in [3.05, 3.63) is 95.3 Å². The highest BCUT2D eigenvalue weighted by atomic mass is 16.5. The van der Waals surface area contributed by atoms with Crippen LogP contribution in [0.15, 0.2) is 73.1 Å². The Hall–Kier alpha value is -3.71. The average molecular weight is 473 g/mol. The summed E-state index contributed by atoms with van der Waals surface area (Å²) in [6.07, 6.45) is 3.98. The summed E-state index contributed by atoms with van der Waals surface area (Å²) in [5.74, 6) is 0.829. The number of hydrogen-bond donors (Lipinski definition) is 2. The van der Waals surface area contributed by atoms with Crippen molar-refractivity contribution in [2.75, 3.05) is 33.8 Å². The summed E-state index contributed by atoms with van der Waals surface area (Å²) in [6, 6.07) is 19.6. The molecule has 3 aromatic rings. The predicted octanol–water partition coefficient (Wildman–Crippen LogP) is 3.02. The molecule has 2 atom stereocenters. The van der Waals surface area contributed by atoms with Gasteiger partial charge in [-0.3, -0.25) is 14.6 Å². The van der Waals surface area contributed by atoms with Crippen LogP contribution in [0.4, 0.5) is 0 Å². The number of rotatable bonds is 9. The number of nitrogens with zero attached hydrogens (tertiary/aromatic N) is 2. The van der Waals surface area contributed by atoms with Crippen molar-refractivity contribution >= 4 is 11.8 Å².